The molecule has 9 rings (SSSR count). The molecule has 7 nitrogen and oxygen atoms in total. The van der Waals surface area contributed by atoms with Crippen molar-refractivity contribution in [1.29, 1.82) is 0 Å². The molecule has 0 amide bonds. The molecule has 4 aromatic carbocycles. The lowest BCUT2D eigenvalue weighted by molar-refractivity contribution is -0.382. The molecule has 392 valence electrons. The molecular formula is C68H76IN5O2. The maximum atomic E-state index is 13.8. The highest BCUT2D eigenvalue weighted by atomic mass is 127. The Morgan fingerprint density at radius 3 is 1.00 bits per heavy atom. The van der Waals surface area contributed by atoms with Gasteiger partial charge in [-0.3, -0.25) is 10.1 Å². The van der Waals surface area contributed by atoms with Crippen LogP contribution in [-0.2, 0) is 32.5 Å². The van der Waals surface area contributed by atoms with Crippen LogP contribution in [0.25, 0.3) is 90.9 Å². The van der Waals surface area contributed by atoms with Gasteiger partial charge in [-0.25, -0.2) is 9.97 Å². The summed E-state index contributed by atoms with van der Waals surface area (Å²) in [6.45, 7) is 40.6. The van der Waals surface area contributed by atoms with Gasteiger partial charge in [-0.05, 0) is 159 Å². The lowest BCUT2D eigenvalue weighted by Crippen LogP contribution is -2.16. The summed E-state index contributed by atoms with van der Waals surface area (Å²) >= 11 is 2.33. The Morgan fingerprint density at radius 1 is 0.382 bits per heavy atom. The Hall–Kier alpha value is -6.39. The van der Waals surface area contributed by atoms with Crippen LogP contribution < -0.4 is 0 Å². The van der Waals surface area contributed by atoms with Gasteiger partial charge in [0.05, 0.1) is 33.2 Å². The van der Waals surface area contributed by atoms with E-state index in [9.17, 15) is 10.1 Å². The van der Waals surface area contributed by atoms with E-state index in [0.717, 1.165) is 76.1 Å². The third-order valence-electron chi connectivity index (χ3n) is 15.0. The zero-order chi connectivity index (χ0) is 55.4. The maximum absolute atomic E-state index is 13.8. The first-order valence-corrected chi connectivity index (χ1v) is 27.8. The normalized spacial score (nSPS) is 13.5. The van der Waals surface area contributed by atoms with Crippen LogP contribution >= 0.6 is 22.6 Å². The molecular weight excluding hydrogens is 1050 g/mol. The Balaban J connectivity index is 1.57. The lowest BCUT2D eigenvalue weighted by atomic mass is 9.78. The van der Waals surface area contributed by atoms with Crippen molar-refractivity contribution in [2.24, 2.45) is 0 Å². The van der Waals surface area contributed by atoms with Gasteiger partial charge in [-0.1, -0.05) is 191 Å². The predicted octanol–water partition coefficient (Wildman–Crippen LogP) is 19.6. The first kappa shape index (κ1) is 54.4. The number of rotatable bonds is 5. The Morgan fingerprint density at radius 2 is 0.684 bits per heavy atom. The SMILES string of the molecule is CC(C)(C)c1cc(-c2c3nc(c(-c4ccc(I)cc4)c4cc([N+](=O)[O-])c([nH]4)c(-c4cc(C(C)(C)C)cc(C(C)(C)C)c4)c4nc(c(-c5cc(C(C)(C)C)cc(C(C)(C)C)c5)c5ccc2[nH]5)C=C4)C=C3)cc(C(C)(C)C)c1. The zero-order valence-corrected chi connectivity index (χ0v) is 50.2. The number of nitrogens with one attached hydrogen (secondary N) is 2. The number of H-pyrrole nitrogens is 2. The molecule has 0 saturated heterocycles. The molecule has 0 radical (unpaired) electrons. The molecule has 0 unspecified atom stereocenters. The van der Waals surface area contributed by atoms with E-state index in [1.165, 1.54) is 22.3 Å². The number of nitro groups is 1. The van der Waals surface area contributed by atoms with Crippen molar-refractivity contribution in [3.8, 4) is 44.5 Å². The molecule has 2 N–H and O–H groups in total. The van der Waals surface area contributed by atoms with Crippen LogP contribution in [0.5, 0.6) is 0 Å². The van der Waals surface area contributed by atoms with Crippen LogP contribution in [0.4, 0.5) is 5.69 Å². The molecule has 0 spiro atoms. The minimum absolute atomic E-state index is 0.0430. The Labute approximate surface area is 465 Å². The first-order valence-electron chi connectivity index (χ1n) is 26.7. The average molecular weight is 1120 g/mol. The predicted molar refractivity (Wildman–Crippen MR) is 332 cm³/mol. The van der Waals surface area contributed by atoms with Gasteiger partial charge in [0, 0.05) is 42.9 Å². The minimum Gasteiger partial charge on any atom is -0.354 e. The van der Waals surface area contributed by atoms with Gasteiger partial charge in [-0.2, -0.15) is 0 Å². The Kier molecular flexibility index (Phi) is 13.6. The number of halogens is 1. The van der Waals surface area contributed by atoms with Crippen LogP contribution in [-0.4, -0.2) is 24.9 Å². The third kappa shape index (κ3) is 10.8. The molecule has 0 aliphatic carbocycles. The lowest BCUT2D eigenvalue weighted by Gasteiger charge is -2.26. The standard InChI is InChI=1S/C68H76IN5O2/c1-63(2,3)43-29-40(30-44(35-43)64(4,5)6)59-51-24-23-50(70-51)58(39-19-21-49(69)22-20-39)56-38-57(74(75)76)62(73-56)61(42-33-47(67(13,14)15)37-48(34-42)68(16,17)18)55-28-27-54(72-55)60(53-26-25-52(59)71-53)41-31-45(65(7,8)9)36-46(32-41)66(10,11)12/h19-38,71,73H,1-18H3. The fourth-order valence-electron chi connectivity index (χ4n) is 10.2. The van der Waals surface area contributed by atoms with E-state index in [-0.39, 0.29) is 43.1 Å². The van der Waals surface area contributed by atoms with Crippen molar-refractivity contribution in [2.75, 3.05) is 0 Å². The second kappa shape index (κ2) is 19.0. The quantitative estimate of drug-likeness (QED) is 0.102. The molecule has 8 heteroatoms. The van der Waals surface area contributed by atoms with Crippen LogP contribution in [0.2, 0.25) is 0 Å². The highest BCUT2D eigenvalue weighted by molar-refractivity contribution is 14.1. The number of nitrogens with zero attached hydrogens (tertiary/aromatic N) is 3. The van der Waals surface area contributed by atoms with Gasteiger partial charge >= 0.3 is 0 Å². The van der Waals surface area contributed by atoms with Crippen molar-refractivity contribution in [2.45, 2.75) is 157 Å². The van der Waals surface area contributed by atoms with E-state index in [2.05, 4.69) is 266 Å². The fraction of sp³-hybridized carbons (Fsp3) is 0.353. The van der Waals surface area contributed by atoms with Crippen molar-refractivity contribution < 1.29 is 4.92 Å². The van der Waals surface area contributed by atoms with E-state index in [4.69, 9.17) is 9.97 Å². The summed E-state index contributed by atoms with van der Waals surface area (Å²) < 4.78 is 1.08. The van der Waals surface area contributed by atoms with Crippen molar-refractivity contribution >= 4 is 74.6 Å². The van der Waals surface area contributed by atoms with Crippen LogP contribution in [0, 0.1) is 13.7 Å². The molecule has 0 fully saturated rings. The molecule has 7 aromatic rings. The molecule has 2 aliphatic rings. The van der Waals surface area contributed by atoms with Crippen LogP contribution in [0.3, 0.4) is 0 Å². The van der Waals surface area contributed by atoms with E-state index < -0.39 is 0 Å². The van der Waals surface area contributed by atoms with Gasteiger partial charge in [0.15, 0.2) is 0 Å². The maximum Gasteiger partial charge on any atom is 0.295 e. The summed E-state index contributed by atoms with van der Waals surface area (Å²) in [4.78, 5) is 32.6. The topological polar surface area (TPSA) is 100 Å². The molecule has 0 atom stereocenters. The Bertz CT molecular complexity index is 3630. The van der Waals surface area contributed by atoms with E-state index in [1.54, 1.807) is 6.07 Å². The summed E-state index contributed by atoms with van der Waals surface area (Å²) in [6, 6.07) is 35.1. The van der Waals surface area contributed by atoms with Crippen LogP contribution in [0.1, 0.15) is 181 Å². The average Bonchev–Trinajstić information content (AvgIpc) is 4.15. The highest BCUT2D eigenvalue weighted by Gasteiger charge is 2.30. The number of aromatic amines is 2. The molecule has 0 saturated carbocycles. The number of fused-ring (bicyclic) bond motifs is 8. The largest absolute Gasteiger partial charge is 0.354 e. The van der Waals surface area contributed by atoms with Gasteiger partial charge in [0.25, 0.3) is 5.69 Å². The van der Waals surface area contributed by atoms with Gasteiger partial charge in [0.2, 0.25) is 0 Å². The monoisotopic (exact) mass is 1120 g/mol. The number of aromatic nitrogens is 4. The van der Waals surface area contributed by atoms with Crippen molar-refractivity contribution in [3.05, 3.63) is 167 Å². The van der Waals surface area contributed by atoms with Gasteiger partial charge in [-0.15, -0.1) is 0 Å². The molecule has 3 aromatic heterocycles. The van der Waals surface area contributed by atoms with Crippen LogP contribution in [0.15, 0.2) is 97.1 Å². The number of benzene rings is 4. The smallest absolute Gasteiger partial charge is 0.295 e. The van der Waals surface area contributed by atoms with E-state index in [0.29, 0.717) is 28.0 Å². The highest BCUT2D eigenvalue weighted by Crippen LogP contribution is 2.45. The molecule has 2 aliphatic heterocycles. The van der Waals surface area contributed by atoms with Crippen molar-refractivity contribution in [3.63, 3.8) is 0 Å². The molecule has 8 bridgehead atoms. The van der Waals surface area contributed by atoms with Gasteiger partial charge in [0.1, 0.15) is 5.52 Å². The summed E-state index contributed by atoms with van der Waals surface area (Å²) in [5.74, 6) is 0. The number of hydrogen-bond donors (Lipinski definition) is 2. The van der Waals surface area contributed by atoms with E-state index in [1.807, 2.05) is 6.08 Å². The van der Waals surface area contributed by atoms with Crippen molar-refractivity contribution in [1.82, 2.24) is 19.9 Å². The summed E-state index contributed by atoms with van der Waals surface area (Å²) in [5, 5.41) is 13.8. The number of hydrogen-bond acceptors (Lipinski definition) is 4. The third-order valence-corrected chi connectivity index (χ3v) is 15.8. The zero-order valence-electron chi connectivity index (χ0n) is 48.1. The second-order valence-corrected chi connectivity index (χ2v) is 28.6. The second-order valence-electron chi connectivity index (χ2n) is 27.3. The van der Waals surface area contributed by atoms with Gasteiger partial charge < -0.3 is 9.97 Å². The summed E-state index contributed by atoms with van der Waals surface area (Å²) in [5.41, 5.74) is 18.8. The summed E-state index contributed by atoms with van der Waals surface area (Å²) in [6.07, 6.45) is 8.32. The fourth-order valence-corrected chi connectivity index (χ4v) is 10.5. The van der Waals surface area contributed by atoms with E-state index >= 15 is 0 Å². The molecule has 76 heavy (non-hydrogen) atoms. The minimum atomic E-state index is -0.258. The summed E-state index contributed by atoms with van der Waals surface area (Å²) in [7, 11) is 0. The molecule has 5 heterocycles. The first-order chi connectivity index (χ1) is 35.1.